The third-order valence-corrected chi connectivity index (χ3v) is 11.2. The van der Waals surface area contributed by atoms with Crippen molar-refractivity contribution in [3.05, 3.63) is 130 Å². The maximum absolute atomic E-state index is 3.82. The maximum Gasteiger partial charge on any atom is 0.114 e. The highest BCUT2D eigenvalue weighted by Gasteiger charge is 2.39. The minimum absolute atomic E-state index is 0.360. The molecule has 0 bridgehead atoms. The van der Waals surface area contributed by atoms with E-state index in [9.17, 15) is 0 Å². The third kappa shape index (κ3) is 2.60. The van der Waals surface area contributed by atoms with Crippen molar-refractivity contribution in [1.82, 2.24) is 0 Å². The molecule has 150 valence electrons. The van der Waals surface area contributed by atoms with Gasteiger partial charge in [-0.15, -0.1) is 0 Å². The molecule has 0 heterocycles. The van der Waals surface area contributed by atoms with Crippen molar-refractivity contribution in [2.24, 2.45) is 0 Å². The summed E-state index contributed by atoms with van der Waals surface area (Å²) in [5, 5.41) is 3.08. The monoisotopic (exact) mass is 414 g/mol. The second-order valence-corrected chi connectivity index (χ2v) is 13.9. The Labute approximate surface area is 186 Å². The van der Waals surface area contributed by atoms with Crippen LogP contribution in [0, 0.1) is 26.0 Å². The first kappa shape index (κ1) is 18.8. The summed E-state index contributed by atoms with van der Waals surface area (Å²) in [5.41, 5.74) is 11.0. The molecule has 0 amide bonds. The van der Waals surface area contributed by atoms with E-state index < -0.39 is 8.07 Å². The number of rotatable bonds is 2. The van der Waals surface area contributed by atoms with Crippen LogP contribution in [0.1, 0.15) is 45.2 Å². The lowest BCUT2D eigenvalue weighted by molar-refractivity contribution is 1.05. The lowest BCUT2D eigenvalue weighted by Crippen LogP contribution is -2.57. The fraction of sp³-hybridized carbons (Fsp3) is 0.200. The van der Waals surface area contributed by atoms with Gasteiger partial charge in [-0.1, -0.05) is 97.1 Å². The Morgan fingerprint density at radius 1 is 0.645 bits per heavy atom. The van der Waals surface area contributed by atoms with Crippen LogP contribution in [-0.2, 0) is 0 Å². The highest BCUT2D eigenvalue weighted by Crippen LogP contribution is 2.41. The smallest absolute Gasteiger partial charge is 0.0726 e. The van der Waals surface area contributed by atoms with E-state index in [1.165, 1.54) is 54.9 Å². The van der Waals surface area contributed by atoms with Crippen LogP contribution in [0.2, 0.25) is 13.1 Å². The lowest BCUT2D eigenvalue weighted by atomic mass is 9.92. The Balaban J connectivity index is 1.60. The SMILES string of the molecule is Cc1ccc2c(c1[Si](C)(C)c1c(C)ccc3c1[C]=C1C=CC=CC13)[C]=C1C=CC=CC12. The molecule has 2 aromatic carbocycles. The molecule has 1 heteroatoms. The van der Waals surface area contributed by atoms with Crippen LogP contribution in [0.3, 0.4) is 0 Å². The number of hydrogen-bond donors (Lipinski definition) is 0. The summed E-state index contributed by atoms with van der Waals surface area (Å²) >= 11 is 0. The quantitative estimate of drug-likeness (QED) is 0.551. The molecule has 2 aromatic rings. The Bertz CT molecular complexity index is 1220. The van der Waals surface area contributed by atoms with Crippen molar-refractivity contribution in [2.45, 2.75) is 38.8 Å². The Hall–Kier alpha value is -2.90. The average molecular weight is 415 g/mol. The van der Waals surface area contributed by atoms with E-state index in [2.05, 4.69) is 112 Å². The normalized spacial score (nSPS) is 22.1. The van der Waals surface area contributed by atoms with Crippen LogP contribution in [0.5, 0.6) is 0 Å². The van der Waals surface area contributed by atoms with Gasteiger partial charge in [0.2, 0.25) is 0 Å². The molecular weight excluding hydrogens is 388 g/mol. The Kier molecular flexibility index (Phi) is 3.98. The van der Waals surface area contributed by atoms with Gasteiger partial charge >= 0.3 is 0 Å². The van der Waals surface area contributed by atoms with Crippen molar-refractivity contribution in [1.29, 1.82) is 0 Å². The summed E-state index contributed by atoms with van der Waals surface area (Å²) in [6, 6.07) is 9.33. The number of allylic oxidation sites excluding steroid dienone is 10. The van der Waals surface area contributed by atoms with Crippen LogP contribution in [0.4, 0.5) is 0 Å². The predicted octanol–water partition coefficient (Wildman–Crippen LogP) is 5.73. The van der Waals surface area contributed by atoms with Gasteiger partial charge in [-0.3, -0.25) is 0 Å². The molecule has 0 fully saturated rings. The molecule has 2 radical (unpaired) electrons. The average Bonchev–Trinajstić information content (AvgIpc) is 3.30. The fourth-order valence-electron chi connectivity index (χ4n) is 6.12. The van der Waals surface area contributed by atoms with E-state index >= 15 is 0 Å². The standard InChI is InChI=1S/C30H26Si/c1-19-13-15-25-23-11-7-5-9-21(23)17-27(25)29(19)31(3,4)30-20(2)14-16-26-24-12-8-6-10-22(24)18-28(26)30/h5-16,23-24H,1-4H3. The Morgan fingerprint density at radius 2 is 1.10 bits per heavy atom. The van der Waals surface area contributed by atoms with Crippen LogP contribution >= 0.6 is 0 Å². The number of hydrogen-bond acceptors (Lipinski definition) is 0. The summed E-state index contributed by atoms with van der Waals surface area (Å²) in [7, 11) is -2.04. The molecule has 0 saturated carbocycles. The number of benzene rings is 2. The predicted molar refractivity (Wildman–Crippen MR) is 133 cm³/mol. The van der Waals surface area contributed by atoms with Crippen molar-refractivity contribution in [3.8, 4) is 0 Å². The molecule has 6 rings (SSSR count). The minimum atomic E-state index is -2.04. The van der Waals surface area contributed by atoms with E-state index in [4.69, 9.17) is 0 Å². The number of fused-ring (bicyclic) bond motifs is 6. The molecule has 4 aliphatic rings. The molecule has 0 aromatic heterocycles. The summed E-state index contributed by atoms with van der Waals surface area (Å²) in [6.07, 6.45) is 25.3. The van der Waals surface area contributed by atoms with E-state index in [0.29, 0.717) is 11.8 Å². The van der Waals surface area contributed by atoms with E-state index in [1.54, 1.807) is 0 Å². The first-order chi connectivity index (χ1) is 15.0. The van der Waals surface area contributed by atoms with Crippen LogP contribution in [0.15, 0.2) is 84.0 Å². The van der Waals surface area contributed by atoms with Gasteiger partial charge in [-0.2, -0.15) is 0 Å². The van der Waals surface area contributed by atoms with Crippen molar-refractivity contribution < 1.29 is 0 Å². The molecule has 4 aliphatic carbocycles. The van der Waals surface area contributed by atoms with Gasteiger partial charge in [0.25, 0.3) is 0 Å². The molecule has 0 N–H and O–H groups in total. The molecule has 0 aliphatic heterocycles. The van der Waals surface area contributed by atoms with Crippen molar-refractivity contribution in [3.63, 3.8) is 0 Å². The molecule has 2 unspecified atom stereocenters. The van der Waals surface area contributed by atoms with Gasteiger partial charge in [0.05, 0.1) is 0 Å². The van der Waals surface area contributed by atoms with Gasteiger partial charge < -0.3 is 0 Å². The van der Waals surface area contributed by atoms with Gasteiger partial charge in [-0.05, 0) is 69.8 Å². The summed E-state index contributed by atoms with van der Waals surface area (Å²) < 4.78 is 0. The van der Waals surface area contributed by atoms with E-state index in [1.807, 2.05) is 0 Å². The maximum atomic E-state index is 3.82. The molecule has 0 nitrogen and oxygen atoms in total. The van der Waals surface area contributed by atoms with Crippen LogP contribution < -0.4 is 10.4 Å². The van der Waals surface area contributed by atoms with Crippen LogP contribution in [-0.4, -0.2) is 8.07 Å². The summed E-state index contributed by atoms with van der Waals surface area (Å²) in [4.78, 5) is 0. The summed E-state index contributed by atoms with van der Waals surface area (Å²) in [6.45, 7) is 9.63. The first-order valence-corrected chi connectivity index (χ1v) is 14.2. The molecule has 0 saturated heterocycles. The minimum Gasteiger partial charge on any atom is -0.0726 e. The molecule has 31 heavy (non-hydrogen) atoms. The van der Waals surface area contributed by atoms with E-state index in [0.717, 1.165) is 0 Å². The third-order valence-electron chi connectivity index (χ3n) is 7.40. The van der Waals surface area contributed by atoms with Gasteiger partial charge in [0, 0.05) is 11.8 Å². The van der Waals surface area contributed by atoms with Crippen molar-refractivity contribution >= 4 is 18.4 Å². The summed E-state index contributed by atoms with van der Waals surface area (Å²) in [5.74, 6) is 0.720. The highest BCUT2D eigenvalue weighted by molar-refractivity contribution is 7.01. The largest absolute Gasteiger partial charge is 0.114 e. The zero-order valence-electron chi connectivity index (χ0n) is 18.6. The first-order valence-electron chi connectivity index (χ1n) is 11.2. The Morgan fingerprint density at radius 3 is 1.55 bits per heavy atom. The molecule has 2 atom stereocenters. The number of aryl methyl sites for hydroxylation is 2. The van der Waals surface area contributed by atoms with E-state index in [-0.39, 0.29) is 0 Å². The van der Waals surface area contributed by atoms with Gasteiger partial charge in [0.1, 0.15) is 8.07 Å². The highest BCUT2D eigenvalue weighted by atomic mass is 28.3. The van der Waals surface area contributed by atoms with Gasteiger partial charge in [-0.25, -0.2) is 0 Å². The molecular formula is C30H26Si. The second-order valence-electron chi connectivity index (χ2n) is 9.67. The fourth-order valence-corrected chi connectivity index (χ4v) is 10.2. The topological polar surface area (TPSA) is 0 Å². The van der Waals surface area contributed by atoms with Gasteiger partial charge in [0.15, 0.2) is 0 Å². The zero-order valence-corrected chi connectivity index (χ0v) is 19.6. The molecule has 0 spiro atoms. The van der Waals surface area contributed by atoms with Crippen LogP contribution in [0.25, 0.3) is 0 Å². The van der Waals surface area contributed by atoms with Crippen molar-refractivity contribution in [2.75, 3.05) is 0 Å². The lowest BCUT2D eigenvalue weighted by Gasteiger charge is -2.32. The second kappa shape index (κ2) is 6.55. The zero-order chi connectivity index (χ0) is 21.3.